The molecule has 0 radical (unpaired) electrons. The van der Waals surface area contributed by atoms with Crippen LogP contribution in [0.3, 0.4) is 0 Å². The van der Waals surface area contributed by atoms with E-state index in [1.807, 2.05) is 6.20 Å². The molecule has 4 heterocycles. The summed E-state index contributed by atoms with van der Waals surface area (Å²) in [6, 6.07) is 50.8. The number of benzene rings is 6. The Balaban J connectivity index is 1.24. The molecule has 0 fully saturated rings. The van der Waals surface area contributed by atoms with Crippen molar-refractivity contribution in [2.24, 2.45) is 0 Å². The third-order valence-corrected chi connectivity index (χ3v) is 11.8. The lowest BCUT2D eigenvalue weighted by atomic mass is 9.87. The van der Waals surface area contributed by atoms with Crippen LogP contribution in [0.5, 0.6) is 0 Å². The average molecular weight is 740 g/mol. The zero-order valence-electron chi connectivity index (χ0n) is 33.3. The molecule has 0 aliphatic rings. The van der Waals surface area contributed by atoms with E-state index >= 15 is 0 Å². The van der Waals surface area contributed by atoms with Crippen molar-refractivity contribution >= 4 is 66.2 Å². The van der Waals surface area contributed by atoms with Crippen molar-refractivity contribution in [3.05, 3.63) is 174 Å². The van der Waals surface area contributed by atoms with Gasteiger partial charge in [-0.1, -0.05) is 113 Å². The summed E-state index contributed by atoms with van der Waals surface area (Å²) in [4.78, 5) is 12.6. The summed E-state index contributed by atoms with van der Waals surface area (Å²) in [7, 11) is 0. The Bertz CT molecular complexity index is 3140. The molecule has 5 nitrogen and oxygen atoms in total. The highest BCUT2D eigenvalue weighted by Crippen LogP contribution is 2.43. The molecule has 10 aromatic rings. The van der Waals surface area contributed by atoms with Crippen LogP contribution in [0.15, 0.2) is 152 Å². The van der Waals surface area contributed by atoms with Gasteiger partial charge in [-0.05, 0) is 108 Å². The van der Waals surface area contributed by atoms with Gasteiger partial charge in [-0.3, -0.25) is 8.97 Å². The number of anilines is 3. The van der Waals surface area contributed by atoms with E-state index in [2.05, 4.69) is 201 Å². The van der Waals surface area contributed by atoms with Crippen LogP contribution in [-0.2, 0) is 0 Å². The maximum absolute atomic E-state index is 5.28. The summed E-state index contributed by atoms with van der Waals surface area (Å²) < 4.78 is 4.72. The van der Waals surface area contributed by atoms with Crippen molar-refractivity contribution in [1.82, 2.24) is 18.9 Å². The third-order valence-electron chi connectivity index (χ3n) is 11.8. The van der Waals surface area contributed by atoms with Crippen molar-refractivity contribution in [2.45, 2.75) is 53.4 Å². The lowest BCUT2D eigenvalue weighted by molar-refractivity contribution is 0.836. The van der Waals surface area contributed by atoms with E-state index in [4.69, 9.17) is 9.97 Å². The van der Waals surface area contributed by atoms with E-state index in [0.717, 1.165) is 56.2 Å². The molecule has 0 bridgehead atoms. The Hall–Kier alpha value is -6.72. The van der Waals surface area contributed by atoms with E-state index < -0.39 is 0 Å². The number of aryl methyl sites for hydroxylation is 2. The molecule has 4 aromatic heterocycles. The summed E-state index contributed by atoms with van der Waals surface area (Å²) in [5.74, 6) is 1.65. The van der Waals surface area contributed by atoms with Crippen molar-refractivity contribution in [3.63, 3.8) is 0 Å². The van der Waals surface area contributed by atoms with Crippen LogP contribution in [-0.4, -0.2) is 18.9 Å². The molecular weight excluding hydrogens is 695 g/mol. The first-order valence-corrected chi connectivity index (χ1v) is 20.1. The van der Waals surface area contributed by atoms with Crippen LogP contribution in [0, 0.1) is 13.8 Å². The van der Waals surface area contributed by atoms with Crippen molar-refractivity contribution in [3.8, 4) is 17.1 Å². The fourth-order valence-electron chi connectivity index (χ4n) is 8.90. The van der Waals surface area contributed by atoms with E-state index in [9.17, 15) is 0 Å². The van der Waals surface area contributed by atoms with E-state index in [1.54, 1.807) is 0 Å². The lowest BCUT2D eigenvalue weighted by Gasteiger charge is -2.26. The fraction of sp³-hybridized carbons (Fsp3) is 0.154. The zero-order valence-corrected chi connectivity index (χ0v) is 33.3. The number of fused-ring (bicyclic) bond motifs is 9. The highest BCUT2D eigenvalue weighted by atomic mass is 15.1. The molecule has 0 unspecified atom stereocenters. The third kappa shape index (κ3) is 5.52. The second-order valence-electron chi connectivity index (χ2n) is 16.0. The number of hydrogen-bond acceptors (Lipinski definition) is 3. The first kappa shape index (κ1) is 34.7. The molecule has 0 N–H and O–H groups in total. The molecule has 0 aliphatic carbocycles. The summed E-state index contributed by atoms with van der Waals surface area (Å²) in [5, 5.41) is 5.91. The Kier molecular flexibility index (Phi) is 8.22. The minimum atomic E-state index is 0.365. The van der Waals surface area contributed by atoms with Gasteiger partial charge in [0.05, 0.1) is 28.4 Å². The molecule has 5 heteroatoms. The summed E-state index contributed by atoms with van der Waals surface area (Å²) in [6.45, 7) is 13.4. The standard InChI is InChI=1S/C52H45N5/c1-32(2)39-19-14-20-40(33(3)4)51(39)49-31-54-52-45-28-37(23-25-41(45)42-17-10-13-22-47(42)57(49)52)55(36-15-8-7-9-16-36)38-24-26-44-43-18-11-12-21-46(43)56(48(44)29-38)50-27-34(5)35(6)30-53-50/h7-33H,1-6H3. The minimum absolute atomic E-state index is 0.365. The Morgan fingerprint density at radius 2 is 1.09 bits per heavy atom. The van der Waals surface area contributed by atoms with Crippen molar-refractivity contribution in [2.75, 3.05) is 4.90 Å². The summed E-state index contributed by atoms with van der Waals surface area (Å²) >= 11 is 0. The molecule has 0 aliphatic heterocycles. The highest BCUT2D eigenvalue weighted by molar-refractivity contribution is 6.14. The van der Waals surface area contributed by atoms with Gasteiger partial charge in [-0.25, -0.2) is 9.97 Å². The smallest absolute Gasteiger partial charge is 0.145 e. The summed E-state index contributed by atoms with van der Waals surface area (Å²) in [6.07, 6.45) is 4.08. The van der Waals surface area contributed by atoms with Gasteiger partial charge >= 0.3 is 0 Å². The molecule has 0 saturated carbocycles. The Morgan fingerprint density at radius 1 is 0.474 bits per heavy atom. The minimum Gasteiger partial charge on any atom is -0.310 e. The zero-order chi connectivity index (χ0) is 38.9. The topological polar surface area (TPSA) is 38.4 Å². The van der Waals surface area contributed by atoms with Gasteiger partial charge < -0.3 is 4.90 Å². The first-order chi connectivity index (χ1) is 27.8. The van der Waals surface area contributed by atoms with Crippen LogP contribution in [0.4, 0.5) is 17.1 Å². The maximum atomic E-state index is 5.28. The number of pyridine rings is 2. The number of para-hydroxylation sites is 3. The lowest BCUT2D eigenvalue weighted by Crippen LogP contribution is -2.10. The number of rotatable bonds is 7. The van der Waals surface area contributed by atoms with Gasteiger partial charge in [0, 0.05) is 50.4 Å². The van der Waals surface area contributed by atoms with Gasteiger partial charge in [0.15, 0.2) is 0 Å². The number of nitrogens with zero attached hydrogens (tertiary/aromatic N) is 5. The second kappa shape index (κ2) is 13.5. The number of hydrogen-bond donors (Lipinski definition) is 0. The highest BCUT2D eigenvalue weighted by Gasteiger charge is 2.23. The molecule has 278 valence electrons. The van der Waals surface area contributed by atoms with Gasteiger partial charge in [-0.15, -0.1) is 0 Å². The molecule has 0 atom stereocenters. The van der Waals surface area contributed by atoms with Gasteiger partial charge in [0.1, 0.15) is 11.5 Å². The SMILES string of the molecule is Cc1cnc(-n2c3ccccc3c3ccc(N(c4ccccc4)c4ccc5c6ccccc6n6c(-c7c(C(C)C)cccc7C(C)C)cnc6c5c4)cc32)cc1C. The predicted molar refractivity (Wildman–Crippen MR) is 240 cm³/mol. The van der Waals surface area contributed by atoms with Gasteiger partial charge in [0.25, 0.3) is 0 Å². The number of imidazole rings is 1. The summed E-state index contributed by atoms with van der Waals surface area (Å²) in [5.41, 5.74) is 15.1. The first-order valence-electron chi connectivity index (χ1n) is 20.1. The molecule has 6 aromatic carbocycles. The molecule has 0 spiro atoms. The van der Waals surface area contributed by atoms with Crippen LogP contribution in [0.1, 0.15) is 61.8 Å². The van der Waals surface area contributed by atoms with E-state index in [-0.39, 0.29) is 0 Å². The van der Waals surface area contributed by atoms with Crippen molar-refractivity contribution < 1.29 is 0 Å². The normalized spacial score (nSPS) is 12.0. The van der Waals surface area contributed by atoms with E-state index in [1.165, 1.54) is 49.4 Å². The molecule has 0 saturated heterocycles. The second-order valence-corrected chi connectivity index (χ2v) is 16.0. The Labute approximate surface area is 333 Å². The fourth-order valence-corrected chi connectivity index (χ4v) is 8.90. The number of aromatic nitrogens is 4. The van der Waals surface area contributed by atoms with Crippen LogP contribution in [0.25, 0.3) is 66.2 Å². The quantitative estimate of drug-likeness (QED) is 0.153. The maximum Gasteiger partial charge on any atom is 0.145 e. The van der Waals surface area contributed by atoms with Crippen molar-refractivity contribution in [1.29, 1.82) is 0 Å². The van der Waals surface area contributed by atoms with Crippen LogP contribution in [0.2, 0.25) is 0 Å². The molecular formula is C52H45N5. The van der Waals surface area contributed by atoms with Crippen LogP contribution < -0.4 is 4.90 Å². The monoisotopic (exact) mass is 739 g/mol. The largest absolute Gasteiger partial charge is 0.310 e. The van der Waals surface area contributed by atoms with E-state index in [0.29, 0.717) is 11.8 Å². The molecule has 10 rings (SSSR count). The van der Waals surface area contributed by atoms with Gasteiger partial charge in [0.2, 0.25) is 0 Å². The van der Waals surface area contributed by atoms with Gasteiger partial charge in [-0.2, -0.15) is 0 Å². The molecule has 57 heavy (non-hydrogen) atoms. The average Bonchev–Trinajstić information content (AvgIpc) is 3.82. The van der Waals surface area contributed by atoms with Crippen LogP contribution >= 0.6 is 0 Å². The molecule has 0 amide bonds. The Morgan fingerprint density at radius 3 is 1.79 bits per heavy atom. The predicted octanol–water partition coefficient (Wildman–Crippen LogP) is 14.1.